The number of amidine groups is 1. The number of rotatable bonds is 5. The molecule has 0 radical (unpaired) electrons. The zero-order valence-electron chi connectivity index (χ0n) is 9.57. The lowest BCUT2D eigenvalue weighted by molar-refractivity contribution is 0.285. The number of hydrogen-bond donors (Lipinski definition) is 3. The minimum Gasteiger partial charge on any atom is -0.388 e. The summed E-state index contributed by atoms with van der Waals surface area (Å²) in [6.45, 7) is 3.49. The van der Waals surface area contributed by atoms with Crippen LogP contribution in [0, 0.1) is 11.3 Å². The first-order chi connectivity index (χ1) is 7.42. The quantitative estimate of drug-likeness (QED) is 0.467. The molecular weight excluding hydrogens is 228 g/mol. The van der Waals surface area contributed by atoms with Crippen molar-refractivity contribution in [2.45, 2.75) is 26.2 Å². The maximum Gasteiger partial charge on any atom is 0.279 e. The molecule has 0 aromatic heterocycles. The van der Waals surface area contributed by atoms with Gasteiger partial charge in [0.15, 0.2) is 0 Å². The Bertz CT molecular complexity index is 333. The van der Waals surface area contributed by atoms with Crippen LogP contribution in [0.4, 0.5) is 0 Å². The zero-order chi connectivity index (χ0) is 12.2. The van der Waals surface area contributed by atoms with Crippen LogP contribution >= 0.6 is 0 Å². The van der Waals surface area contributed by atoms with Crippen LogP contribution in [0.2, 0.25) is 0 Å². The van der Waals surface area contributed by atoms with Crippen LogP contribution in [-0.4, -0.2) is 38.2 Å². The van der Waals surface area contributed by atoms with Crippen LogP contribution in [0.5, 0.6) is 0 Å². The summed E-state index contributed by atoms with van der Waals surface area (Å²) in [6, 6.07) is 0. The van der Waals surface area contributed by atoms with Crippen molar-refractivity contribution in [2.24, 2.45) is 11.7 Å². The Hall–Kier alpha value is -0.660. The van der Waals surface area contributed by atoms with E-state index in [4.69, 9.17) is 11.1 Å². The molecule has 7 heteroatoms. The van der Waals surface area contributed by atoms with Gasteiger partial charge in [-0.2, -0.15) is 12.7 Å². The normalized spacial score (nSPS) is 19.8. The molecule has 0 bridgehead atoms. The molecule has 0 unspecified atom stereocenters. The molecule has 1 heterocycles. The Morgan fingerprint density at radius 3 is 2.56 bits per heavy atom. The highest BCUT2D eigenvalue weighted by molar-refractivity contribution is 7.87. The molecular formula is C9H20N4O2S. The number of nitrogens with one attached hydrogen (secondary N) is 2. The van der Waals surface area contributed by atoms with Crippen molar-refractivity contribution >= 4 is 16.0 Å². The SMILES string of the molecule is CC1CCN(S(=O)(=O)NCCC(=N)N)CC1. The molecule has 0 amide bonds. The van der Waals surface area contributed by atoms with Crippen LogP contribution in [-0.2, 0) is 10.2 Å². The minimum absolute atomic E-state index is 0.00466. The fourth-order valence-electron chi connectivity index (χ4n) is 1.63. The van der Waals surface area contributed by atoms with E-state index >= 15 is 0 Å². The largest absolute Gasteiger partial charge is 0.388 e. The Morgan fingerprint density at radius 1 is 1.50 bits per heavy atom. The summed E-state index contributed by atoms with van der Waals surface area (Å²) in [6.07, 6.45) is 2.07. The topological polar surface area (TPSA) is 99.3 Å². The second-order valence-electron chi connectivity index (χ2n) is 4.26. The van der Waals surface area contributed by atoms with Crippen LogP contribution in [0.3, 0.4) is 0 Å². The van der Waals surface area contributed by atoms with E-state index < -0.39 is 10.2 Å². The third-order valence-electron chi connectivity index (χ3n) is 2.76. The summed E-state index contributed by atoms with van der Waals surface area (Å²) in [4.78, 5) is 0. The number of nitrogens with zero attached hydrogens (tertiary/aromatic N) is 1. The Balaban J connectivity index is 2.41. The van der Waals surface area contributed by atoms with Crippen LogP contribution < -0.4 is 10.5 Å². The maximum absolute atomic E-state index is 11.8. The molecule has 0 aliphatic carbocycles. The van der Waals surface area contributed by atoms with Crippen LogP contribution in [0.1, 0.15) is 26.2 Å². The smallest absolute Gasteiger partial charge is 0.279 e. The van der Waals surface area contributed by atoms with Crippen LogP contribution in [0.25, 0.3) is 0 Å². The fraction of sp³-hybridized carbons (Fsp3) is 0.889. The average Bonchev–Trinajstić information content (AvgIpc) is 2.17. The number of piperidine rings is 1. The van der Waals surface area contributed by atoms with E-state index in [2.05, 4.69) is 11.6 Å². The lowest BCUT2D eigenvalue weighted by Crippen LogP contribution is -2.45. The van der Waals surface area contributed by atoms with E-state index in [1.165, 1.54) is 4.31 Å². The van der Waals surface area contributed by atoms with Gasteiger partial charge in [0.05, 0.1) is 5.84 Å². The predicted octanol–water partition coefficient (Wildman–Crippen LogP) is -0.121. The summed E-state index contributed by atoms with van der Waals surface area (Å²) in [5.41, 5.74) is 5.15. The molecule has 16 heavy (non-hydrogen) atoms. The molecule has 6 nitrogen and oxygen atoms in total. The summed E-state index contributed by atoms with van der Waals surface area (Å²) in [5.74, 6) is 0.596. The molecule has 1 saturated heterocycles. The van der Waals surface area contributed by atoms with Gasteiger partial charge in [-0.05, 0) is 18.8 Å². The first-order valence-corrected chi connectivity index (χ1v) is 6.93. The highest BCUT2D eigenvalue weighted by Gasteiger charge is 2.25. The number of nitrogens with two attached hydrogens (primary N) is 1. The predicted molar refractivity (Wildman–Crippen MR) is 63.4 cm³/mol. The van der Waals surface area contributed by atoms with Gasteiger partial charge in [0, 0.05) is 26.1 Å². The molecule has 0 aromatic rings. The molecule has 0 atom stereocenters. The van der Waals surface area contributed by atoms with Gasteiger partial charge in [-0.25, -0.2) is 4.72 Å². The summed E-state index contributed by atoms with van der Waals surface area (Å²) in [5, 5.41) is 7.00. The van der Waals surface area contributed by atoms with E-state index in [9.17, 15) is 8.42 Å². The number of hydrogen-bond acceptors (Lipinski definition) is 3. The molecule has 0 spiro atoms. The van der Waals surface area contributed by atoms with Gasteiger partial charge in [0.25, 0.3) is 10.2 Å². The Kier molecular flexibility index (Phi) is 4.69. The lowest BCUT2D eigenvalue weighted by atomic mass is 10.0. The second kappa shape index (κ2) is 5.60. The van der Waals surface area contributed by atoms with E-state index in [1.54, 1.807) is 0 Å². The molecule has 1 fully saturated rings. The van der Waals surface area contributed by atoms with Gasteiger partial charge in [0.1, 0.15) is 0 Å². The lowest BCUT2D eigenvalue weighted by Gasteiger charge is -2.29. The van der Waals surface area contributed by atoms with Gasteiger partial charge >= 0.3 is 0 Å². The third kappa shape index (κ3) is 4.07. The van der Waals surface area contributed by atoms with E-state index in [-0.39, 0.29) is 18.8 Å². The van der Waals surface area contributed by atoms with Gasteiger partial charge in [-0.15, -0.1) is 0 Å². The van der Waals surface area contributed by atoms with E-state index in [1.807, 2.05) is 0 Å². The summed E-state index contributed by atoms with van der Waals surface area (Å²) in [7, 11) is -3.37. The first kappa shape index (κ1) is 13.4. The minimum atomic E-state index is -3.37. The summed E-state index contributed by atoms with van der Waals surface area (Å²) < 4.78 is 27.5. The zero-order valence-corrected chi connectivity index (χ0v) is 10.4. The average molecular weight is 248 g/mol. The van der Waals surface area contributed by atoms with Crippen LogP contribution in [0.15, 0.2) is 0 Å². The van der Waals surface area contributed by atoms with Crippen molar-refractivity contribution in [2.75, 3.05) is 19.6 Å². The summed E-state index contributed by atoms with van der Waals surface area (Å²) >= 11 is 0. The van der Waals surface area contributed by atoms with Gasteiger partial charge < -0.3 is 5.73 Å². The Morgan fingerprint density at radius 2 is 2.06 bits per heavy atom. The van der Waals surface area contributed by atoms with Gasteiger partial charge in [-0.3, -0.25) is 5.41 Å². The van der Waals surface area contributed by atoms with Gasteiger partial charge in [-0.1, -0.05) is 6.92 Å². The molecule has 0 saturated carbocycles. The first-order valence-electron chi connectivity index (χ1n) is 5.49. The molecule has 1 rings (SSSR count). The monoisotopic (exact) mass is 248 g/mol. The van der Waals surface area contributed by atoms with E-state index in [0.29, 0.717) is 19.0 Å². The fourth-order valence-corrected chi connectivity index (χ4v) is 2.87. The van der Waals surface area contributed by atoms with Crippen molar-refractivity contribution in [1.82, 2.24) is 9.03 Å². The molecule has 94 valence electrons. The molecule has 4 N–H and O–H groups in total. The van der Waals surface area contributed by atoms with Crippen molar-refractivity contribution in [3.05, 3.63) is 0 Å². The molecule has 0 aromatic carbocycles. The van der Waals surface area contributed by atoms with Crippen molar-refractivity contribution in [3.8, 4) is 0 Å². The van der Waals surface area contributed by atoms with Gasteiger partial charge in [0.2, 0.25) is 0 Å². The third-order valence-corrected chi connectivity index (χ3v) is 4.38. The molecule has 1 aliphatic rings. The second-order valence-corrected chi connectivity index (χ2v) is 6.01. The highest BCUT2D eigenvalue weighted by atomic mass is 32.2. The molecule has 1 aliphatic heterocycles. The highest BCUT2D eigenvalue weighted by Crippen LogP contribution is 2.17. The van der Waals surface area contributed by atoms with Crippen molar-refractivity contribution in [3.63, 3.8) is 0 Å². The maximum atomic E-state index is 11.8. The van der Waals surface area contributed by atoms with Crippen molar-refractivity contribution < 1.29 is 8.42 Å². The Labute approximate surface area is 96.9 Å². The van der Waals surface area contributed by atoms with E-state index in [0.717, 1.165) is 12.8 Å². The standard InChI is InChI=1S/C9H20N4O2S/c1-8-3-6-13(7-4-8)16(14,15)12-5-2-9(10)11/h8,12H,2-7H2,1H3,(H3,10,11). The van der Waals surface area contributed by atoms with Crippen molar-refractivity contribution in [1.29, 1.82) is 5.41 Å².